The van der Waals surface area contributed by atoms with Crippen molar-refractivity contribution in [2.75, 3.05) is 0 Å². The van der Waals surface area contributed by atoms with E-state index < -0.39 is 0 Å². The zero-order chi connectivity index (χ0) is 13.1. The molecule has 0 atom stereocenters. The van der Waals surface area contributed by atoms with Crippen LogP contribution in [0.2, 0.25) is 0 Å². The van der Waals surface area contributed by atoms with Gasteiger partial charge in [-0.25, -0.2) is 4.39 Å². The number of halogens is 1. The van der Waals surface area contributed by atoms with Crippen LogP contribution in [0.5, 0.6) is 0 Å². The Labute approximate surface area is 107 Å². The number of nitrogens with two attached hydrogens (primary N) is 1. The van der Waals surface area contributed by atoms with Gasteiger partial charge in [-0.1, -0.05) is 0 Å². The van der Waals surface area contributed by atoms with E-state index in [2.05, 4.69) is 5.32 Å². The minimum Gasteiger partial charge on any atom is -0.349 e. The third-order valence-corrected chi connectivity index (χ3v) is 3.54. The Bertz CT molecular complexity index is 439. The normalized spacial score (nSPS) is 23.7. The van der Waals surface area contributed by atoms with Crippen LogP contribution in [0.15, 0.2) is 18.2 Å². The maximum Gasteiger partial charge on any atom is 0.251 e. The van der Waals surface area contributed by atoms with Crippen molar-refractivity contribution in [3.63, 3.8) is 0 Å². The van der Waals surface area contributed by atoms with Crippen molar-refractivity contribution in [2.24, 2.45) is 5.73 Å². The van der Waals surface area contributed by atoms with Gasteiger partial charge in [-0.3, -0.25) is 4.79 Å². The number of hydrogen-bond acceptors (Lipinski definition) is 2. The van der Waals surface area contributed by atoms with Gasteiger partial charge in [-0.2, -0.15) is 0 Å². The second-order valence-corrected chi connectivity index (χ2v) is 5.04. The van der Waals surface area contributed by atoms with Crippen molar-refractivity contribution >= 4 is 5.91 Å². The Hall–Kier alpha value is -1.42. The van der Waals surface area contributed by atoms with Crippen LogP contribution in [-0.4, -0.2) is 18.0 Å². The molecule has 1 saturated carbocycles. The molecule has 18 heavy (non-hydrogen) atoms. The van der Waals surface area contributed by atoms with E-state index in [1.54, 1.807) is 6.92 Å². The molecule has 98 valence electrons. The highest BCUT2D eigenvalue weighted by atomic mass is 19.1. The summed E-state index contributed by atoms with van der Waals surface area (Å²) in [5.41, 5.74) is 7.04. The highest BCUT2D eigenvalue weighted by molar-refractivity contribution is 5.95. The van der Waals surface area contributed by atoms with Gasteiger partial charge in [0.05, 0.1) is 0 Å². The van der Waals surface area contributed by atoms with Crippen LogP contribution in [0.3, 0.4) is 0 Å². The zero-order valence-corrected chi connectivity index (χ0v) is 10.6. The summed E-state index contributed by atoms with van der Waals surface area (Å²) < 4.78 is 13.0. The largest absolute Gasteiger partial charge is 0.349 e. The summed E-state index contributed by atoms with van der Waals surface area (Å²) in [6.07, 6.45) is 3.75. The Balaban J connectivity index is 1.99. The standard InChI is InChI=1S/C14H19FN2O/c1-9-8-10(15)2-7-13(9)14(18)17-12-5-3-11(16)4-6-12/h2,7-8,11-12H,3-6,16H2,1H3,(H,17,18). The second kappa shape index (κ2) is 5.48. The highest BCUT2D eigenvalue weighted by Crippen LogP contribution is 2.18. The maximum absolute atomic E-state index is 13.0. The predicted octanol–water partition coefficient (Wildman–Crippen LogP) is 2.13. The van der Waals surface area contributed by atoms with Crippen molar-refractivity contribution < 1.29 is 9.18 Å². The van der Waals surface area contributed by atoms with Crippen LogP contribution in [0, 0.1) is 12.7 Å². The molecular formula is C14H19FN2O. The molecule has 0 bridgehead atoms. The van der Waals surface area contributed by atoms with Gasteiger partial charge in [0.2, 0.25) is 0 Å². The van der Waals surface area contributed by atoms with Gasteiger partial charge < -0.3 is 11.1 Å². The van der Waals surface area contributed by atoms with Crippen LogP contribution in [0.4, 0.5) is 4.39 Å². The van der Waals surface area contributed by atoms with Crippen molar-refractivity contribution in [3.05, 3.63) is 35.1 Å². The summed E-state index contributed by atoms with van der Waals surface area (Å²) in [6, 6.07) is 4.70. The molecule has 0 aromatic heterocycles. The van der Waals surface area contributed by atoms with Crippen LogP contribution in [0.25, 0.3) is 0 Å². The first-order valence-corrected chi connectivity index (χ1v) is 6.39. The van der Waals surface area contributed by atoms with E-state index in [9.17, 15) is 9.18 Å². The average Bonchev–Trinajstić information content (AvgIpc) is 2.32. The van der Waals surface area contributed by atoms with Gasteiger partial charge in [0.1, 0.15) is 5.82 Å². The fraction of sp³-hybridized carbons (Fsp3) is 0.500. The highest BCUT2D eigenvalue weighted by Gasteiger charge is 2.21. The van der Waals surface area contributed by atoms with Gasteiger partial charge in [-0.15, -0.1) is 0 Å². The van der Waals surface area contributed by atoms with E-state index in [1.807, 2.05) is 0 Å². The molecule has 0 unspecified atom stereocenters. The van der Waals surface area contributed by atoms with Gasteiger partial charge in [0.15, 0.2) is 0 Å². The number of amides is 1. The first-order valence-electron chi connectivity index (χ1n) is 6.39. The third-order valence-electron chi connectivity index (χ3n) is 3.54. The van der Waals surface area contributed by atoms with Crippen LogP contribution < -0.4 is 11.1 Å². The van der Waals surface area contributed by atoms with Crippen molar-refractivity contribution in [1.29, 1.82) is 0 Å². The topological polar surface area (TPSA) is 55.1 Å². The second-order valence-electron chi connectivity index (χ2n) is 5.04. The first kappa shape index (κ1) is 13.0. The van der Waals surface area contributed by atoms with Gasteiger partial charge in [0, 0.05) is 17.6 Å². The molecular weight excluding hydrogens is 231 g/mol. The molecule has 0 heterocycles. The van der Waals surface area contributed by atoms with Crippen LogP contribution >= 0.6 is 0 Å². The van der Waals surface area contributed by atoms with Crippen molar-refractivity contribution in [1.82, 2.24) is 5.32 Å². The number of carbonyl (C=O) groups excluding carboxylic acids is 1. The Morgan fingerprint density at radius 3 is 2.61 bits per heavy atom. The lowest BCUT2D eigenvalue weighted by Crippen LogP contribution is -2.40. The summed E-state index contributed by atoms with van der Waals surface area (Å²) >= 11 is 0. The molecule has 4 heteroatoms. The number of nitrogens with one attached hydrogen (secondary N) is 1. The smallest absolute Gasteiger partial charge is 0.251 e. The number of benzene rings is 1. The lowest BCUT2D eigenvalue weighted by molar-refractivity contribution is 0.0925. The molecule has 2 rings (SSSR count). The minimum atomic E-state index is -0.312. The summed E-state index contributed by atoms with van der Waals surface area (Å²) in [6.45, 7) is 1.74. The van der Waals surface area contributed by atoms with Gasteiger partial charge in [0.25, 0.3) is 5.91 Å². The monoisotopic (exact) mass is 250 g/mol. The maximum atomic E-state index is 13.0. The Morgan fingerprint density at radius 1 is 1.33 bits per heavy atom. The lowest BCUT2D eigenvalue weighted by Gasteiger charge is -2.27. The number of aryl methyl sites for hydroxylation is 1. The quantitative estimate of drug-likeness (QED) is 0.845. The van der Waals surface area contributed by atoms with Gasteiger partial charge in [-0.05, 0) is 56.4 Å². The van der Waals surface area contributed by atoms with E-state index >= 15 is 0 Å². The molecule has 1 amide bonds. The van der Waals surface area contributed by atoms with E-state index in [0.717, 1.165) is 25.7 Å². The number of rotatable bonds is 2. The van der Waals surface area contributed by atoms with Crippen LogP contribution in [0.1, 0.15) is 41.6 Å². The summed E-state index contributed by atoms with van der Waals surface area (Å²) in [7, 11) is 0. The average molecular weight is 250 g/mol. The number of carbonyl (C=O) groups is 1. The Kier molecular flexibility index (Phi) is 3.97. The summed E-state index contributed by atoms with van der Waals surface area (Å²) in [5, 5.41) is 3.00. The lowest BCUT2D eigenvalue weighted by atomic mass is 9.91. The molecule has 1 fully saturated rings. The van der Waals surface area contributed by atoms with E-state index in [-0.39, 0.29) is 23.8 Å². The molecule has 1 aliphatic carbocycles. The van der Waals surface area contributed by atoms with Crippen molar-refractivity contribution in [2.45, 2.75) is 44.7 Å². The van der Waals surface area contributed by atoms with Crippen LogP contribution in [-0.2, 0) is 0 Å². The summed E-state index contributed by atoms with van der Waals surface area (Å²) in [5.74, 6) is -0.430. The zero-order valence-electron chi connectivity index (χ0n) is 10.6. The molecule has 0 radical (unpaired) electrons. The fourth-order valence-corrected chi connectivity index (χ4v) is 2.41. The predicted molar refractivity (Wildman–Crippen MR) is 68.8 cm³/mol. The molecule has 1 aromatic rings. The Morgan fingerprint density at radius 2 is 2.00 bits per heavy atom. The number of hydrogen-bond donors (Lipinski definition) is 2. The SMILES string of the molecule is Cc1cc(F)ccc1C(=O)NC1CCC(N)CC1. The van der Waals surface area contributed by atoms with E-state index in [1.165, 1.54) is 18.2 Å². The van der Waals surface area contributed by atoms with Crippen molar-refractivity contribution in [3.8, 4) is 0 Å². The first-order chi connectivity index (χ1) is 8.56. The fourth-order valence-electron chi connectivity index (χ4n) is 2.41. The molecule has 3 nitrogen and oxygen atoms in total. The summed E-state index contributed by atoms with van der Waals surface area (Å²) in [4.78, 5) is 12.1. The molecule has 1 aromatic carbocycles. The third kappa shape index (κ3) is 3.07. The molecule has 0 saturated heterocycles. The minimum absolute atomic E-state index is 0.118. The molecule has 0 spiro atoms. The van der Waals surface area contributed by atoms with E-state index in [4.69, 9.17) is 5.73 Å². The van der Waals surface area contributed by atoms with E-state index in [0.29, 0.717) is 11.1 Å². The van der Waals surface area contributed by atoms with Gasteiger partial charge >= 0.3 is 0 Å². The molecule has 0 aliphatic heterocycles. The molecule has 1 aliphatic rings. The molecule has 3 N–H and O–H groups in total.